The lowest BCUT2D eigenvalue weighted by Crippen LogP contribution is -2.43. The molecule has 1 aliphatic carbocycles. The van der Waals surface area contributed by atoms with Crippen molar-refractivity contribution in [3.05, 3.63) is 81.8 Å². The van der Waals surface area contributed by atoms with Gasteiger partial charge < -0.3 is 23.9 Å². The monoisotopic (exact) mass is 607 g/mol. The van der Waals surface area contributed by atoms with E-state index in [1.807, 2.05) is 32.3 Å². The van der Waals surface area contributed by atoms with Crippen LogP contribution in [0.3, 0.4) is 0 Å². The van der Waals surface area contributed by atoms with Crippen molar-refractivity contribution in [1.82, 2.24) is 19.4 Å². The predicted octanol–water partition coefficient (Wildman–Crippen LogP) is 5.78. The molecular formula is C34H49N5O3S. The number of rotatable bonds is 8. The van der Waals surface area contributed by atoms with Crippen molar-refractivity contribution in [2.45, 2.75) is 33.2 Å². The number of hydrogen-bond donors (Lipinski definition) is 0. The summed E-state index contributed by atoms with van der Waals surface area (Å²) in [6.45, 7) is 15.9. The Hall–Kier alpha value is -3.37. The minimum Gasteiger partial charge on any atom is -0.388 e. The van der Waals surface area contributed by atoms with E-state index in [4.69, 9.17) is 4.79 Å². The Bertz CT molecular complexity index is 1430. The smallest absolute Gasteiger partial charge is 0.259 e. The molecule has 5 rings (SSSR count). The zero-order valence-electron chi connectivity index (χ0n) is 27.1. The van der Waals surface area contributed by atoms with Gasteiger partial charge >= 0.3 is 0 Å². The predicted molar refractivity (Wildman–Crippen MR) is 183 cm³/mol. The molecule has 43 heavy (non-hydrogen) atoms. The van der Waals surface area contributed by atoms with Crippen LogP contribution in [0.5, 0.6) is 0 Å². The van der Waals surface area contributed by atoms with E-state index >= 15 is 0 Å². The van der Waals surface area contributed by atoms with E-state index < -0.39 is 0 Å². The van der Waals surface area contributed by atoms with E-state index in [-0.39, 0.29) is 5.56 Å². The van der Waals surface area contributed by atoms with Crippen LogP contribution in [-0.2, 0) is 23.1 Å². The Balaban J connectivity index is 0.000000641. The van der Waals surface area contributed by atoms with Gasteiger partial charge in [0.15, 0.2) is 0 Å². The normalized spacial score (nSPS) is 14.5. The van der Waals surface area contributed by atoms with Gasteiger partial charge in [0, 0.05) is 95.1 Å². The summed E-state index contributed by atoms with van der Waals surface area (Å²) in [5.74, 6) is 0.954. The number of aryl methyl sites for hydroxylation is 1. The van der Waals surface area contributed by atoms with Crippen molar-refractivity contribution in [3.8, 4) is 11.1 Å². The van der Waals surface area contributed by atoms with Crippen LogP contribution in [0.25, 0.3) is 21.2 Å². The molecule has 0 N–H and O–H groups in total. The van der Waals surface area contributed by atoms with Gasteiger partial charge in [-0.1, -0.05) is 25.2 Å². The molecule has 0 radical (unpaired) electrons. The number of methoxy groups -OCH3 is 1. The lowest BCUT2D eigenvalue weighted by molar-refractivity contribution is -0.0980. The molecule has 1 fully saturated rings. The lowest BCUT2D eigenvalue weighted by atomic mass is 9.95. The summed E-state index contributed by atoms with van der Waals surface area (Å²) in [4.78, 5) is 33.9. The van der Waals surface area contributed by atoms with E-state index in [9.17, 15) is 4.79 Å². The Morgan fingerprint density at radius 1 is 1.12 bits per heavy atom. The Labute approximate surface area is 261 Å². The van der Waals surface area contributed by atoms with Gasteiger partial charge in [-0.2, -0.15) is 0 Å². The summed E-state index contributed by atoms with van der Waals surface area (Å²) in [6, 6.07) is 6.31. The fourth-order valence-corrected chi connectivity index (χ4v) is 5.88. The summed E-state index contributed by atoms with van der Waals surface area (Å²) in [5.41, 5.74) is 5.08. The van der Waals surface area contributed by atoms with E-state index in [1.165, 1.54) is 16.0 Å². The van der Waals surface area contributed by atoms with Gasteiger partial charge in [-0.05, 0) is 61.7 Å². The number of fused-ring (bicyclic) bond motifs is 1. The van der Waals surface area contributed by atoms with Crippen LogP contribution in [0, 0.1) is 0 Å². The molecule has 0 unspecified atom stereocenters. The van der Waals surface area contributed by atoms with E-state index in [2.05, 4.69) is 89.3 Å². The first-order valence-electron chi connectivity index (χ1n) is 14.6. The fraction of sp³-hybridized carbons (Fsp3) is 0.441. The van der Waals surface area contributed by atoms with Crippen molar-refractivity contribution in [2.75, 3.05) is 65.9 Å². The molecule has 1 aliphatic heterocycles. The van der Waals surface area contributed by atoms with Crippen LogP contribution in [0.1, 0.15) is 31.6 Å². The first-order valence-corrected chi connectivity index (χ1v) is 15.4. The maximum absolute atomic E-state index is 13.0. The van der Waals surface area contributed by atoms with Crippen molar-refractivity contribution in [1.29, 1.82) is 0 Å². The largest absolute Gasteiger partial charge is 0.388 e. The molecule has 0 saturated carbocycles. The molecular weight excluding hydrogens is 558 g/mol. The van der Waals surface area contributed by atoms with Crippen LogP contribution >= 0.6 is 11.3 Å². The molecule has 0 bridgehead atoms. The third kappa shape index (κ3) is 10.1. The van der Waals surface area contributed by atoms with Gasteiger partial charge in [0.2, 0.25) is 0 Å². The molecule has 2 aliphatic rings. The number of likely N-dealkylation sites (N-methyl/N-ethyl adjacent to an activating group) is 1. The van der Waals surface area contributed by atoms with Crippen molar-refractivity contribution in [2.24, 2.45) is 7.05 Å². The summed E-state index contributed by atoms with van der Waals surface area (Å²) in [7, 11) is 9.37. The van der Waals surface area contributed by atoms with Crippen molar-refractivity contribution < 1.29 is 9.53 Å². The zero-order chi connectivity index (χ0) is 31.9. The van der Waals surface area contributed by atoms with Gasteiger partial charge in [0.25, 0.3) is 5.56 Å². The molecule has 0 atom stereocenters. The standard InChI is InChI=1S/C27H33N5OS.C4H8.C2H6O.CH2O/c1-19-5-6-20(19)8-10-30(3)25-15-21(7-9-28-25)24-18-31(4)27(33)23-16-22(34-26(23)24)17-32-13-11-29(2)12-14-32;1-3-4-2;1-3-2;1-2/h5-7,9,15-16,18H,8,10-14,17H2,1-4H3;3H,1,4H2,2H3;1-2H3;1H2. The van der Waals surface area contributed by atoms with Gasteiger partial charge in [-0.25, -0.2) is 4.98 Å². The second-order valence-electron chi connectivity index (χ2n) is 10.7. The number of piperazine rings is 1. The van der Waals surface area contributed by atoms with Crippen LogP contribution in [0.4, 0.5) is 5.82 Å². The average molecular weight is 608 g/mol. The second-order valence-corrected chi connectivity index (χ2v) is 11.9. The number of aromatic nitrogens is 2. The van der Waals surface area contributed by atoms with Crippen LogP contribution in [0.2, 0.25) is 0 Å². The Morgan fingerprint density at radius 3 is 2.33 bits per heavy atom. The Kier molecular flexibility index (Phi) is 15.3. The molecule has 3 aromatic rings. The summed E-state index contributed by atoms with van der Waals surface area (Å²) in [5, 5.41) is 0.819. The third-order valence-corrected chi connectivity index (χ3v) is 8.52. The van der Waals surface area contributed by atoms with Crippen LogP contribution in [0.15, 0.2) is 71.3 Å². The van der Waals surface area contributed by atoms with Crippen LogP contribution < -0.4 is 10.5 Å². The SMILES string of the molecule is C=CCC.C=O.CC1=CC=C1CCN(C)c1cc(-c2cn(C)c(=O)c3cc(CN4CCN(C)CC4)sc23)ccn1.COC. The number of carbonyl (C=O) groups is 1. The maximum Gasteiger partial charge on any atom is 0.259 e. The molecule has 8 nitrogen and oxygen atoms in total. The fourth-order valence-electron chi connectivity index (χ4n) is 4.66. The first kappa shape index (κ1) is 35.8. The highest BCUT2D eigenvalue weighted by atomic mass is 32.1. The number of ether oxygens (including phenoxy) is 1. The molecule has 0 aromatic carbocycles. The van der Waals surface area contributed by atoms with E-state index in [0.29, 0.717) is 0 Å². The molecule has 234 valence electrons. The van der Waals surface area contributed by atoms with E-state index in [1.54, 1.807) is 30.1 Å². The number of nitrogens with zero attached hydrogens (tertiary/aromatic N) is 5. The lowest BCUT2D eigenvalue weighted by Gasteiger charge is -2.31. The molecule has 9 heteroatoms. The highest BCUT2D eigenvalue weighted by Gasteiger charge is 2.18. The molecule has 1 saturated heterocycles. The number of carbonyl (C=O) groups excluding carboxylic acids is 1. The van der Waals surface area contributed by atoms with Gasteiger partial charge in [-0.3, -0.25) is 9.69 Å². The maximum atomic E-state index is 13.0. The molecule has 3 aromatic heterocycles. The van der Waals surface area contributed by atoms with Crippen molar-refractivity contribution >= 4 is 34.0 Å². The van der Waals surface area contributed by atoms with E-state index in [0.717, 1.165) is 79.1 Å². The molecule has 0 spiro atoms. The van der Waals surface area contributed by atoms with Crippen molar-refractivity contribution in [3.63, 3.8) is 0 Å². The van der Waals surface area contributed by atoms with Gasteiger partial charge in [-0.15, -0.1) is 17.9 Å². The highest BCUT2D eigenvalue weighted by molar-refractivity contribution is 7.19. The summed E-state index contributed by atoms with van der Waals surface area (Å²) < 4.78 is 7.04. The number of anilines is 1. The average Bonchev–Trinajstić information content (AvgIpc) is 3.45. The van der Waals surface area contributed by atoms with Gasteiger partial charge in [0.1, 0.15) is 12.6 Å². The number of allylic oxidation sites excluding steroid dienone is 4. The Morgan fingerprint density at radius 2 is 1.77 bits per heavy atom. The minimum atomic E-state index is 0.0724. The summed E-state index contributed by atoms with van der Waals surface area (Å²) >= 11 is 1.76. The summed E-state index contributed by atoms with van der Waals surface area (Å²) in [6.07, 6.45) is 12.2. The molecule has 4 heterocycles. The number of thiophene rings is 1. The van der Waals surface area contributed by atoms with Gasteiger partial charge in [0.05, 0.1) is 5.39 Å². The first-order chi connectivity index (χ1) is 20.7. The minimum absolute atomic E-state index is 0.0724. The second kappa shape index (κ2) is 18.3. The zero-order valence-corrected chi connectivity index (χ0v) is 27.9. The molecule has 0 amide bonds. The highest BCUT2D eigenvalue weighted by Crippen LogP contribution is 2.35. The quantitative estimate of drug-likeness (QED) is 0.301. The number of pyridine rings is 2. The third-order valence-electron chi connectivity index (χ3n) is 7.37. The topological polar surface area (TPSA) is 70.9 Å². The van der Waals surface area contributed by atoms with Crippen LogP contribution in [-0.4, -0.2) is 87.2 Å². The number of hydrogen-bond acceptors (Lipinski definition) is 8.